The molecule has 0 saturated carbocycles. The number of rotatable bonds is 8. The maximum atomic E-state index is 11.5. The Morgan fingerprint density at radius 2 is 1.86 bits per heavy atom. The zero-order chi connectivity index (χ0) is 15.7. The minimum Gasteiger partial charge on any atom is -0.460 e. The number of benzene rings is 1. The molecule has 0 aromatic heterocycles. The van der Waals surface area contributed by atoms with E-state index in [4.69, 9.17) is 14.2 Å². The van der Waals surface area contributed by atoms with E-state index in [1.807, 2.05) is 58.0 Å². The zero-order valence-electron chi connectivity index (χ0n) is 13.4. The van der Waals surface area contributed by atoms with Gasteiger partial charge in [0.05, 0.1) is 32.3 Å². The monoisotopic (exact) mass is 294 g/mol. The molecule has 0 heterocycles. The standard InChI is InChI=1S/C17H26O4/c1-14(12-19-13-15-8-6-5-7-9-15)20-11-10-16(18)21-17(2,3)4/h5-9,14H,10-13H2,1-4H3. The van der Waals surface area contributed by atoms with Crippen LogP contribution in [0.15, 0.2) is 30.3 Å². The van der Waals surface area contributed by atoms with Crippen molar-refractivity contribution in [1.82, 2.24) is 0 Å². The van der Waals surface area contributed by atoms with Gasteiger partial charge in [0.1, 0.15) is 5.60 Å². The molecule has 0 amide bonds. The van der Waals surface area contributed by atoms with Crippen LogP contribution in [0, 0.1) is 0 Å². The van der Waals surface area contributed by atoms with Crippen molar-refractivity contribution in [2.75, 3.05) is 13.2 Å². The Labute approximate surface area is 127 Å². The fourth-order valence-electron chi connectivity index (χ4n) is 1.70. The normalized spacial score (nSPS) is 13.0. The molecule has 0 fully saturated rings. The van der Waals surface area contributed by atoms with Gasteiger partial charge in [-0.15, -0.1) is 0 Å². The van der Waals surface area contributed by atoms with Gasteiger partial charge >= 0.3 is 5.97 Å². The van der Waals surface area contributed by atoms with E-state index in [0.717, 1.165) is 5.56 Å². The maximum Gasteiger partial charge on any atom is 0.308 e. The van der Waals surface area contributed by atoms with Gasteiger partial charge in [-0.3, -0.25) is 4.79 Å². The second-order valence-electron chi connectivity index (χ2n) is 6.02. The van der Waals surface area contributed by atoms with E-state index >= 15 is 0 Å². The highest BCUT2D eigenvalue weighted by atomic mass is 16.6. The smallest absolute Gasteiger partial charge is 0.308 e. The van der Waals surface area contributed by atoms with Crippen LogP contribution in [-0.4, -0.2) is 30.9 Å². The number of hydrogen-bond donors (Lipinski definition) is 0. The lowest BCUT2D eigenvalue weighted by Gasteiger charge is -2.20. The lowest BCUT2D eigenvalue weighted by Crippen LogP contribution is -2.25. The second-order valence-corrected chi connectivity index (χ2v) is 6.02. The van der Waals surface area contributed by atoms with E-state index in [1.54, 1.807) is 0 Å². The molecular weight excluding hydrogens is 268 g/mol. The van der Waals surface area contributed by atoms with Crippen LogP contribution in [0.3, 0.4) is 0 Å². The van der Waals surface area contributed by atoms with E-state index in [0.29, 0.717) is 19.8 Å². The topological polar surface area (TPSA) is 44.8 Å². The van der Waals surface area contributed by atoms with Gasteiger partial charge in [-0.2, -0.15) is 0 Å². The average molecular weight is 294 g/mol. The second kappa shape index (κ2) is 8.80. The van der Waals surface area contributed by atoms with Gasteiger partial charge in [0.25, 0.3) is 0 Å². The van der Waals surface area contributed by atoms with Gasteiger partial charge in [-0.25, -0.2) is 0 Å². The predicted octanol–water partition coefficient (Wildman–Crippen LogP) is 3.34. The summed E-state index contributed by atoms with van der Waals surface area (Å²) in [7, 11) is 0. The summed E-state index contributed by atoms with van der Waals surface area (Å²) < 4.78 is 16.3. The van der Waals surface area contributed by atoms with Gasteiger partial charge in [0.2, 0.25) is 0 Å². The summed E-state index contributed by atoms with van der Waals surface area (Å²) in [6, 6.07) is 9.99. The molecular formula is C17H26O4. The van der Waals surface area contributed by atoms with Crippen molar-refractivity contribution in [2.45, 2.75) is 52.4 Å². The molecule has 118 valence electrons. The Morgan fingerprint density at radius 3 is 2.48 bits per heavy atom. The highest BCUT2D eigenvalue weighted by Crippen LogP contribution is 2.08. The molecule has 1 unspecified atom stereocenters. The maximum absolute atomic E-state index is 11.5. The fourth-order valence-corrected chi connectivity index (χ4v) is 1.70. The molecule has 21 heavy (non-hydrogen) atoms. The van der Waals surface area contributed by atoms with Gasteiger partial charge in [-0.1, -0.05) is 30.3 Å². The molecule has 1 aromatic carbocycles. The fraction of sp³-hybridized carbons (Fsp3) is 0.588. The third-order valence-corrected chi connectivity index (χ3v) is 2.59. The average Bonchev–Trinajstić information content (AvgIpc) is 2.38. The van der Waals surface area contributed by atoms with E-state index in [9.17, 15) is 4.79 Å². The molecule has 4 heteroatoms. The minimum absolute atomic E-state index is 0.0452. The summed E-state index contributed by atoms with van der Waals surface area (Å²) in [4.78, 5) is 11.5. The van der Waals surface area contributed by atoms with E-state index in [2.05, 4.69) is 0 Å². The van der Waals surface area contributed by atoms with Crippen molar-refractivity contribution in [2.24, 2.45) is 0 Å². The lowest BCUT2D eigenvalue weighted by molar-refractivity contribution is -0.156. The highest BCUT2D eigenvalue weighted by Gasteiger charge is 2.16. The Kier molecular flexibility index (Phi) is 7.40. The Morgan fingerprint density at radius 1 is 1.19 bits per heavy atom. The van der Waals surface area contributed by atoms with Crippen LogP contribution in [0.25, 0.3) is 0 Å². The zero-order valence-corrected chi connectivity index (χ0v) is 13.4. The summed E-state index contributed by atoms with van der Waals surface area (Å²) in [6.07, 6.45) is 0.219. The number of hydrogen-bond acceptors (Lipinski definition) is 4. The molecule has 4 nitrogen and oxygen atoms in total. The number of esters is 1. The van der Waals surface area contributed by atoms with Crippen molar-refractivity contribution >= 4 is 5.97 Å². The lowest BCUT2D eigenvalue weighted by atomic mass is 10.2. The minimum atomic E-state index is -0.443. The van der Waals surface area contributed by atoms with Crippen molar-refractivity contribution in [3.05, 3.63) is 35.9 Å². The molecule has 0 bridgehead atoms. The number of carbonyl (C=O) groups excluding carboxylic acids is 1. The summed E-state index contributed by atoms with van der Waals surface area (Å²) in [5.74, 6) is -0.236. The number of ether oxygens (including phenoxy) is 3. The Hall–Kier alpha value is -1.39. The molecule has 0 saturated heterocycles. The first-order chi connectivity index (χ1) is 9.87. The molecule has 0 N–H and O–H groups in total. The van der Waals surface area contributed by atoms with Crippen LogP contribution < -0.4 is 0 Å². The summed E-state index contributed by atoms with van der Waals surface area (Å²) in [5, 5.41) is 0. The molecule has 0 aliphatic rings. The Balaban J connectivity index is 2.09. The SMILES string of the molecule is CC(COCc1ccccc1)OCCC(=O)OC(C)(C)C. The molecule has 0 radical (unpaired) electrons. The summed E-state index contributed by atoms with van der Waals surface area (Å²) in [6.45, 7) is 8.91. The quantitative estimate of drug-likeness (QED) is 0.690. The van der Waals surface area contributed by atoms with Crippen LogP contribution in [-0.2, 0) is 25.6 Å². The van der Waals surface area contributed by atoms with Gasteiger partial charge < -0.3 is 14.2 Å². The van der Waals surface area contributed by atoms with Crippen LogP contribution in [0.1, 0.15) is 39.7 Å². The van der Waals surface area contributed by atoms with Crippen LogP contribution in [0.2, 0.25) is 0 Å². The van der Waals surface area contributed by atoms with E-state index < -0.39 is 5.60 Å². The molecule has 1 atom stereocenters. The third-order valence-electron chi connectivity index (χ3n) is 2.59. The van der Waals surface area contributed by atoms with Crippen molar-refractivity contribution in [3.63, 3.8) is 0 Å². The largest absolute Gasteiger partial charge is 0.460 e. The first kappa shape index (κ1) is 17.7. The Bertz CT molecular complexity index is 409. The number of carbonyl (C=O) groups is 1. The molecule has 0 aliphatic carbocycles. The van der Waals surface area contributed by atoms with E-state index in [1.165, 1.54) is 0 Å². The molecule has 0 spiro atoms. The van der Waals surface area contributed by atoms with Crippen molar-refractivity contribution in [1.29, 1.82) is 0 Å². The first-order valence-electron chi connectivity index (χ1n) is 7.32. The van der Waals surface area contributed by atoms with Crippen LogP contribution in [0.5, 0.6) is 0 Å². The summed E-state index contributed by atoms with van der Waals surface area (Å²) >= 11 is 0. The van der Waals surface area contributed by atoms with Gasteiger partial charge in [0.15, 0.2) is 0 Å². The van der Waals surface area contributed by atoms with Crippen molar-refractivity contribution < 1.29 is 19.0 Å². The van der Waals surface area contributed by atoms with Gasteiger partial charge in [0, 0.05) is 0 Å². The molecule has 0 aliphatic heterocycles. The van der Waals surface area contributed by atoms with Crippen LogP contribution >= 0.6 is 0 Å². The van der Waals surface area contributed by atoms with Crippen molar-refractivity contribution in [3.8, 4) is 0 Å². The van der Waals surface area contributed by atoms with Crippen LogP contribution in [0.4, 0.5) is 0 Å². The summed E-state index contributed by atoms with van der Waals surface area (Å²) in [5.41, 5.74) is 0.694. The third kappa shape index (κ3) is 9.21. The molecule has 1 rings (SSSR count). The molecule has 1 aromatic rings. The van der Waals surface area contributed by atoms with E-state index in [-0.39, 0.29) is 18.5 Å². The van der Waals surface area contributed by atoms with Gasteiger partial charge in [-0.05, 0) is 33.3 Å². The predicted molar refractivity (Wildman–Crippen MR) is 82.0 cm³/mol. The first-order valence-corrected chi connectivity index (χ1v) is 7.32. The highest BCUT2D eigenvalue weighted by molar-refractivity contribution is 5.69.